The number of hydrogen-bond acceptors (Lipinski definition) is 12. The molecular weight excluding hydrogens is 636 g/mol. The fourth-order valence-corrected chi connectivity index (χ4v) is 4.99. The summed E-state index contributed by atoms with van der Waals surface area (Å²) in [6, 6.07) is 5.54. The van der Waals surface area contributed by atoms with Crippen molar-refractivity contribution in [1.82, 2.24) is 39.0 Å². The number of amides is 4. The van der Waals surface area contributed by atoms with Gasteiger partial charge in [-0.1, -0.05) is 12.2 Å². The van der Waals surface area contributed by atoms with Crippen molar-refractivity contribution in [3.8, 4) is 11.5 Å². The minimum Gasteiger partial charge on any atom is -0.506 e. The second kappa shape index (κ2) is 13.2. The van der Waals surface area contributed by atoms with Crippen molar-refractivity contribution in [2.24, 2.45) is 11.5 Å². The molecule has 6 aromatic rings. The molecule has 4 heterocycles. The number of carbonyl (C=O) groups excluding carboxylic acids is 4. The molecule has 6 rings (SSSR count). The smallest absolute Gasteiger partial charge is 0.278 e. The van der Waals surface area contributed by atoms with Crippen molar-refractivity contribution in [3.63, 3.8) is 0 Å². The first-order valence-electron chi connectivity index (χ1n) is 14.4. The van der Waals surface area contributed by atoms with Crippen LogP contribution in [0.2, 0.25) is 0 Å². The van der Waals surface area contributed by atoms with E-state index in [0.29, 0.717) is 11.0 Å². The predicted molar refractivity (Wildman–Crippen MR) is 174 cm³/mol. The van der Waals surface area contributed by atoms with Gasteiger partial charge in [-0.25, -0.2) is 19.9 Å². The van der Waals surface area contributed by atoms with Crippen LogP contribution in [0.5, 0.6) is 11.5 Å². The normalized spacial score (nSPS) is 11.2. The van der Waals surface area contributed by atoms with E-state index in [-0.39, 0.29) is 70.0 Å². The SMILES string of the molecule is COc1cc(C(N)=O)cc2nc(NC(=O)c3cnccn3)n(C/C=C/Cn3c(NC(=O)c4cnccn4)nc4cc(C(N)=O)cc(O)c43)c12. The molecule has 18 heteroatoms. The Labute approximate surface area is 275 Å². The van der Waals surface area contributed by atoms with E-state index in [1.807, 2.05) is 0 Å². The van der Waals surface area contributed by atoms with Gasteiger partial charge in [-0.15, -0.1) is 0 Å². The van der Waals surface area contributed by atoms with Gasteiger partial charge in [0, 0.05) is 49.0 Å². The van der Waals surface area contributed by atoms with Crippen molar-refractivity contribution < 1.29 is 29.0 Å². The summed E-state index contributed by atoms with van der Waals surface area (Å²) in [5.74, 6) is -2.53. The lowest BCUT2D eigenvalue weighted by atomic mass is 10.1. The van der Waals surface area contributed by atoms with E-state index < -0.39 is 23.6 Å². The van der Waals surface area contributed by atoms with Crippen LogP contribution in [0.4, 0.5) is 11.9 Å². The van der Waals surface area contributed by atoms with E-state index in [4.69, 9.17) is 16.2 Å². The number of fused-ring (bicyclic) bond motifs is 2. The predicted octanol–water partition coefficient (Wildman–Crippen LogP) is 1.64. The van der Waals surface area contributed by atoms with Crippen molar-refractivity contribution in [1.29, 1.82) is 0 Å². The zero-order valence-corrected chi connectivity index (χ0v) is 25.6. The van der Waals surface area contributed by atoms with Crippen LogP contribution in [0.1, 0.15) is 41.7 Å². The Morgan fingerprint density at radius 1 is 0.755 bits per heavy atom. The maximum atomic E-state index is 13.0. The third kappa shape index (κ3) is 6.41. The largest absolute Gasteiger partial charge is 0.506 e. The lowest BCUT2D eigenvalue weighted by molar-refractivity contribution is 0.0991. The number of benzene rings is 2. The van der Waals surface area contributed by atoms with E-state index in [9.17, 15) is 24.3 Å². The minimum atomic E-state index is -0.773. The second-order valence-electron chi connectivity index (χ2n) is 10.3. The number of nitrogens with zero attached hydrogens (tertiary/aromatic N) is 8. The minimum absolute atomic E-state index is 0.0217. The molecule has 0 unspecified atom stereocenters. The molecule has 4 aromatic heterocycles. The van der Waals surface area contributed by atoms with Crippen molar-refractivity contribution >= 4 is 57.6 Å². The molecule has 0 aliphatic rings. The monoisotopic (exact) mass is 662 g/mol. The number of nitrogens with two attached hydrogens (primary N) is 2. The third-order valence-corrected chi connectivity index (χ3v) is 7.20. The Morgan fingerprint density at radius 2 is 1.24 bits per heavy atom. The summed E-state index contributed by atoms with van der Waals surface area (Å²) in [4.78, 5) is 74.6. The molecule has 4 amide bonds. The molecule has 0 radical (unpaired) electrons. The van der Waals surface area contributed by atoms with Gasteiger partial charge in [0.15, 0.2) is 0 Å². The number of rotatable bonds is 11. The highest BCUT2D eigenvalue weighted by molar-refractivity contribution is 6.05. The highest BCUT2D eigenvalue weighted by Crippen LogP contribution is 2.32. The summed E-state index contributed by atoms with van der Waals surface area (Å²) in [7, 11) is 1.42. The second-order valence-corrected chi connectivity index (χ2v) is 10.3. The van der Waals surface area contributed by atoms with E-state index in [2.05, 4.69) is 40.5 Å². The first kappa shape index (κ1) is 31.7. The van der Waals surface area contributed by atoms with E-state index in [1.165, 1.54) is 73.1 Å². The standard InChI is InChI=1S/C31H26N12O6/c1-49-23-13-17(27(33)46)11-19-25(23)43(31(39-19)41-29(48)21-15-35-5-7-37-21)9-3-2-8-42-24-18(10-16(26(32)45)12-22(24)44)38-30(42)40-28(47)20-14-34-4-6-36-20/h2-7,10-15,44H,8-9H2,1H3,(H2,32,45)(H2,33,46)(H,38,40,47)(H,39,41,48)/b3-2+. The maximum absolute atomic E-state index is 13.0. The number of primary amides is 2. The summed E-state index contributed by atoms with van der Waals surface area (Å²) in [6.07, 6.45) is 11.6. The Hall–Kier alpha value is -7.24. The summed E-state index contributed by atoms with van der Waals surface area (Å²) in [6.45, 7) is 0.178. The number of imidazole rings is 2. The van der Waals surface area contributed by atoms with Gasteiger partial charge in [-0.05, 0) is 24.3 Å². The molecule has 0 bridgehead atoms. The number of aromatic hydroxyl groups is 1. The number of allylic oxidation sites excluding steroid dienone is 2. The molecule has 0 aliphatic heterocycles. The number of phenolic OH excluding ortho intramolecular Hbond substituents is 1. The molecule has 49 heavy (non-hydrogen) atoms. The van der Waals surface area contributed by atoms with Gasteiger partial charge in [0.2, 0.25) is 23.7 Å². The summed E-state index contributed by atoms with van der Waals surface area (Å²) in [5, 5.41) is 16.3. The first-order chi connectivity index (χ1) is 23.6. The number of anilines is 2. The fraction of sp³-hybridized carbons (Fsp3) is 0.0968. The van der Waals surface area contributed by atoms with Crippen molar-refractivity contribution in [3.05, 3.63) is 96.1 Å². The third-order valence-electron chi connectivity index (χ3n) is 7.20. The van der Waals surface area contributed by atoms with E-state index in [0.717, 1.165) is 0 Å². The average Bonchev–Trinajstić information content (AvgIpc) is 3.63. The molecule has 0 aliphatic carbocycles. The van der Waals surface area contributed by atoms with Crippen LogP contribution in [-0.4, -0.2) is 74.9 Å². The van der Waals surface area contributed by atoms with Gasteiger partial charge in [0.25, 0.3) is 11.8 Å². The van der Waals surface area contributed by atoms with Gasteiger partial charge in [-0.2, -0.15) is 0 Å². The zero-order chi connectivity index (χ0) is 34.7. The number of ether oxygens (including phenoxy) is 1. The van der Waals surface area contributed by atoms with Crippen molar-refractivity contribution in [2.45, 2.75) is 13.1 Å². The Balaban J connectivity index is 1.37. The average molecular weight is 663 g/mol. The van der Waals surface area contributed by atoms with Crippen LogP contribution in [-0.2, 0) is 13.1 Å². The van der Waals surface area contributed by atoms with Crippen molar-refractivity contribution in [2.75, 3.05) is 17.7 Å². The molecule has 0 fully saturated rings. The number of aromatic nitrogens is 8. The maximum Gasteiger partial charge on any atom is 0.278 e. The van der Waals surface area contributed by atoms with Gasteiger partial charge in [0.05, 0.1) is 30.5 Å². The van der Waals surface area contributed by atoms with Gasteiger partial charge >= 0.3 is 0 Å². The van der Waals surface area contributed by atoms with Crippen LogP contribution in [0, 0.1) is 0 Å². The topological polar surface area (TPSA) is 261 Å². The first-order valence-corrected chi connectivity index (χ1v) is 14.4. The molecule has 0 spiro atoms. The van der Waals surface area contributed by atoms with Crippen LogP contribution < -0.4 is 26.8 Å². The highest BCUT2D eigenvalue weighted by Gasteiger charge is 2.21. The summed E-state index contributed by atoms with van der Waals surface area (Å²) in [5.41, 5.74) is 12.4. The quantitative estimate of drug-likeness (QED) is 0.124. The van der Waals surface area contributed by atoms with Gasteiger partial charge in [0.1, 0.15) is 33.9 Å². The van der Waals surface area contributed by atoms with Crippen LogP contribution >= 0.6 is 0 Å². The molecule has 0 saturated heterocycles. The summed E-state index contributed by atoms with van der Waals surface area (Å²) >= 11 is 0. The number of nitrogens with one attached hydrogen (secondary N) is 2. The fourth-order valence-electron chi connectivity index (χ4n) is 4.99. The molecule has 0 atom stereocenters. The molecule has 18 nitrogen and oxygen atoms in total. The lowest BCUT2D eigenvalue weighted by Crippen LogP contribution is -2.17. The molecule has 2 aromatic carbocycles. The van der Waals surface area contributed by atoms with Gasteiger partial charge in [-0.3, -0.25) is 39.8 Å². The lowest BCUT2D eigenvalue weighted by Gasteiger charge is -2.11. The van der Waals surface area contributed by atoms with E-state index >= 15 is 0 Å². The van der Waals surface area contributed by atoms with Crippen LogP contribution in [0.3, 0.4) is 0 Å². The molecule has 246 valence electrons. The summed E-state index contributed by atoms with van der Waals surface area (Å²) < 4.78 is 8.71. The Morgan fingerprint density at radius 3 is 1.71 bits per heavy atom. The molecule has 0 saturated carbocycles. The van der Waals surface area contributed by atoms with Crippen LogP contribution in [0.15, 0.2) is 73.6 Å². The number of carbonyl (C=O) groups is 4. The molecule has 7 N–H and O–H groups in total. The highest BCUT2D eigenvalue weighted by atomic mass is 16.5. The molecular formula is C31H26N12O6. The Bertz CT molecular complexity index is 2280. The van der Waals surface area contributed by atoms with E-state index in [1.54, 1.807) is 16.7 Å². The Kier molecular flexibility index (Phi) is 8.57. The van der Waals surface area contributed by atoms with Gasteiger partial charge < -0.3 is 30.4 Å². The zero-order valence-electron chi connectivity index (χ0n) is 25.6. The number of phenols is 1. The van der Waals surface area contributed by atoms with Crippen LogP contribution in [0.25, 0.3) is 22.1 Å². The number of methoxy groups -OCH3 is 1. The number of hydrogen-bond donors (Lipinski definition) is 5.